The van der Waals surface area contributed by atoms with E-state index in [1.165, 1.54) is 37.7 Å². The lowest BCUT2D eigenvalue weighted by Crippen LogP contribution is -2.15. The van der Waals surface area contributed by atoms with Crippen molar-refractivity contribution in [3.63, 3.8) is 0 Å². The van der Waals surface area contributed by atoms with Crippen molar-refractivity contribution in [3.8, 4) is 0 Å². The second kappa shape index (κ2) is 6.07. The van der Waals surface area contributed by atoms with Gasteiger partial charge >= 0.3 is 0 Å². The summed E-state index contributed by atoms with van der Waals surface area (Å²) in [6, 6.07) is 4.78. The molecule has 1 N–H and O–H groups in total. The first kappa shape index (κ1) is 13.2. The van der Waals surface area contributed by atoms with Gasteiger partial charge in [0.2, 0.25) is 5.95 Å². The fourth-order valence-corrected chi connectivity index (χ4v) is 2.89. The lowest BCUT2D eigenvalue weighted by Gasteiger charge is -2.24. The second-order valence-corrected chi connectivity index (χ2v) is 5.61. The van der Waals surface area contributed by atoms with Crippen LogP contribution in [0.1, 0.15) is 49.4 Å². The van der Waals surface area contributed by atoms with Gasteiger partial charge in [-0.3, -0.25) is 4.98 Å². The SMILES string of the molecule is Cc1ccc(CNc2nccn2C2CCCCC2)cn1. The number of pyridine rings is 1. The molecule has 1 aliphatic rings. The molecule has 2 heterocycles. The van der Waals surface area contributed by atoms with Gasteiger partial charge in [0.1, 0.15) is 0 Å². The molecule has 0 radical (unpaired) electrons. The number of hydrogen-bond acceptors (Lipinski definition) is 3. The standard InChI is InChI=1S/C16H22N4/c1-13-7-8-14(11-18-13)12-19-16-17-9-10-20(16)15-5-3-2-4-6-15/h7-11,15H,2-6,12H2,1H3,(H,17,19). The number of rotatable bonds is 4. The zero-order chi connectivity index (χ0) is 13.8. The van der Waals surface area contributed by atoms with Crippen molar-refractivity contribution in [2.45, 2.75) is 51.6 Å². The molecule has 3 rings (SSSR count). The second-order valence-electron chi connectivity index (χ2n) is 5.61. The van der Waals surface area contributed by atoms with Crippen molar-refractivity contribution in [1.82, 2.24) is 14.5 Å². The fourth-order valence-electron chi connectivity index (χ4n) is 2.89. The zero-order valence-electron chi connectivity index (χ0n) is 12.0. The monoisotopic (exact) mass is 270 g/mol. The van der Waals surface area contributed by atoms with Crippen LogP contribution in [-0.2, 0) is 6.54 Å². The Kier molecular flexibility index (Phi) is 4.00. The summed E-state index contributed by atoms with van der Waals surface area (Å²) in [5.41, 5.74) is 2.24. The molecular weight excluding hydrogens is 248 g/mol. The summed E-state index contributed by atoms with van der Waals surface area (Å²) in [6.45, 7) is 2.78. The van der Waals surface area contributed by atoms with Gasteiger partial charge in [0, 0.05) is 36.9 Å². The van der Waals surface area contributed by atoms with E-state index in [1.54, 1.807) is 0 Å². The highest BCUT2D eigenvalue weighted by atomic mass is 15.2. The van der Waals surface area contributed by atoms with Crippen molar-refractivity contribution in [3.05, 3.63) is 42.0 Å². The van der Waals surface area contributed by atoms with Gasteiger partial charge in [0.05, 0.1) is 0 Å². The third-order valence-electron chi connectivity index (χ3n) is 4.06. The Balaban J connectivity index is 1.65. The number of anilines is 1. The Hall–Kier alpha value is -1.84. The normalized spacial score (nSPS) is 16.2. The lowest BCUT2D eigenvalue weighted by molar-refractivity contribution is 0.356. The molecule has 106 valence electrons. The first-order valence-corrected chi connectivity index (χ1v) is 7.51. The lowest BCUT2D eigenvalue weighted by atomic mass is 9.95. The van der Waals surface area contributed by atoms with Gasteiger partial charge in [0.15, 0.2) is 0 Å². The molecule has 0 unspecified atom stereocenters. The van der Waals surface area contributed by atoms with E-state index in [0.717, 1.165) is 18.2 Å². The van der Waals surface area contributed by atoms with Crippen LogP contribution in [0.4, 0.5) is 5.95 Å². The zero-order valence-corrected chi connectivity index (χ0v) is 12.0. The summed E-state index contributed by atoms with van der Waals surface area (Å²) in [5, 5.41) is 3.44. The minimum Gasteiger partial charge on any atom is -0.352 e. The Morgan fingerprint density at radius 1 is 1.20 bits per heavy atom. The molecule has 2 aromatic rings. The van der Waals surface area contributed by atoms with Gasteiger partial charge in [-0.2, -0.15) is 0 Å². The molecule has 0 saturated heterocycles. The van der Waals surface area contributed by atoms with Crippen molar-refractivity contribution in [1.29, 1.82) is 0 Å². The molecule has 1 aliphatic carbocycles. The predicted molar refractivity (Wildman–Crippen MR) is 80.6 cm³/mol. The third kappa shape index (κ3) is 3.00. The predicted octanol–water partition coefficient (Wildman–Crippen LogP) is 3.70. The fraction of sp³-hybridized carbons (Fsp3) is 0.500. The summed E-state index contributed by atoms with van der Waals surface area (Å²) in [5.74, 6) is 0.984. The van der Waals surface area contributed by atoms with Crippen molar-refractivity contribution in [2.24, 2.45) is 0 Å². The Morgan fingerprint density at radius 3 is 2.80 bits per heavy atom. The molecule has 0 spiro atoms. The maximum Gasteiger partial charge on any atom is 0.203 e. The Labute approximate surface area is 120 Å². The highest BCUT2D eigenvalue weighted by Gasteiger charge is 2.17. The minimum absolute atomic E-state index is 0.616. The van der Waals surface area contributed by atoms with Gasteiger partial charge in [-0.25, -0.2) is 4.98 Å². The maximum absolute atomic E-state index is 4.46. The van der Waals surface area contributed by atoms with E-state index in [9.17, 15) is 0 Å². The molecule has 0 bridgehead atoms. The smallest absolute Gasteiger partial charge is 0.203 e. The quantitative estimate of drug-likeness (QED) is 0.921. The molecule has 2 aromatic heterocycles. The van der Waals surface area contributed by atoms with Crippen LogP contribution in [0.3, 0.4) is 0 Å². The minimum atomic E-state index is 0.616. The number of nitrogens with zero attached hydrogens (tertiary/aromatic N) is 3. The average Bonchev–Trinajstić information content (AvgIpc) is 2.96. The van der Waals surface area contributed by atoms with Gasteiger partial charge in [-0.15, -0.1) is 0 Å². The molecule has 1 fully saturated rings. The summed E-state index contributed by atoms with van der Waals surface area (Å²) in [6.07, 6.45) is 12.5. The van der Waals surface area contributed by atoms with E-state index in [2.05, 4.69) is 32.1 Å². The van der Waals surface area contributed by atoms with Crippen LogP contribution in [0.15, 0.2) is 30.7 Å². The van der Waals surface area contributed by atoms with E-state index in [0.29, 0.717) is 6.04 Å². The maximum atomic E-state index is 4.46. The Bertz CT molecular complexity index is 538. The van der Waals surface area contributed by atoms with Crippen LogP contribution >= 0.6 is 0 Å². The first-order valence-electron chi connectivity index (χ1n) is 7.51. The van der Waals surface area contributed by atoms with Gasteiger partial charge < -0.3 is 9.88 Å². The molecule has 4 nitrogen and oxygen atoms in total. The number of aryl methyl sites for hydroxylation is 1. The number of aromatic nitrogens is 3. The van der Waals surface area contributed by atoms with E-state index in [1.807, 2.05) is 25.4 Å². The van der Waals surface area contributed by atoms with Crippen LogP contribution in [0, 0.1) is 6.92 Å². The number of hydrogen-bond donors (Lipinski definition) is 1. The Morgan fingerprint density at radius 2 is 2.05 bits per heavy atom. The topological polar surface area (TPSA) is 42.7 Å². The molecule has 20 heavy (non-hydrogen) atoms. The highest BCUT2D eigenvalue weighted by Crippen LogP contribution is 2.30. The van der Waals surface area contributed by atoms with Crippen LogP contribution < -0.4 is 5.32 Å². The van der Waals surface area contributed by atoms with Crippen LogP contribution in [0.5, 0.6) is 0 Å². The van der Waals surface area contributed by atoms with E-state index >= 15 is 0 Å². The van der Waals surface area contributed by atoms with E-state index in [4.69, 9.17) is 0 Å². The summed E-state index contributed by atoms with van der Waals surface area (Å²) in [4.78, 5) is 8.78. The van der Waals surface area contributed by atoms with Crippen LogP contribution in [-0.4, -0.2) is 14.5 Å². The number of nitrogens with one attached hydrogen (secondary N) is 1. The van der Waals surface area contributed by atoms with Crippen LogP contribution in [0.2, 0.25) is 0 Å². The average molecular weight is 270 g/mol. The molecular formula is C16H22N4. The summed E-state index contributed by atoms with van der Waals surface area (Å²) < 4.78 is 2.31. The first-order chi connectivity index (χ1) is 9.83. The highest BCUT2D eigenvalue weighted by molar-refractivity contribution is 5.29. The summed E-state index contributed by atoms with van der Waals surface area (Å²) in [7, 11) is 0. The molecule has 1 saturated carbocycles. The van der Waals surface area contributed by atoms with Gasteiger partial charge in [0.25, 0.3) is 0 Å². The third-order valence-corrected chi connectivity index (χ3v) is 4.06. The molecule has 0 atom stereocenters. The van der Waals surface area contributed by atoms with Gasteiger partial charge in [-0.1, -0.05) is 25.3 Å². The van der Waals surface area contributed by atoms with Crippen molar-refractivity contribution in [2.75, 3.05) is 5.32 Å². The molecule has 4 heteroatoms. The largest absolute Gasteiger partial charge is 0.352 e. The van der Waals surface area contributed by atoms with Crippen molar-refractivity contribution < 1.29 is 0 Å². The van der Waals surface area contributed by atoms with Crippen molar-refractivity contribution >= 4 is 5.95 Å². The van der Waals surface area contributed by atoms with Crippen LogP contribution in [0.25, 0.3) is 0 Å². The summed E-state index contributed by atoms with van der Waals surface area (Å²) >= 11 is 0. The molecule has 0 aliphatic heterocycles. The van der Waals surface area contributed by atoms with E-state index < -0.39 is 0 Å². The molecule has 0 amide bonds. The van der Waals surface area contributed by atoms with Gasteiger partial charge in [-0.05, 0) is 31.4 Å². The van der Waals surface area contributed by atoms with E-state index in [-0.39, 0.29) is 0 Å². The molecule has 0 aromatic carbocycles. The number of imidazole rings is 1.